The molecule has 0 radical (unpaired) electrons. The van der Waals surface area contributed by atoms with Gasteiger partial charge in [-0.25, -0.2) is 5.43 Å². The minimum atomic E-state index is 0. The van der Waals surface area contributed by atoms with Crippen molar-refractivity contribution in [2.24, 2.45) is 0 Å². The predicted octanol–water partition coefficient (Wildman–Crippen LogP) is 1.67. The van der Waals surface area contributed by atoms with Crippen LogP contribution in [0.25, 0.3) is 0 Å². The molecule has 2 nitrogen and oxygen atoms in total. The molecule has 0 atom stereocenters. The number of fused-ring (bicyclic) bond motifs is 1. The van der Waals surface area contributed by atoms with E-state index in [-0.39, 0.29) is 1.43 Å². The summed E-state index contributed by atoms with van der Waals surface area (Å²) in [5, 5.41) is 0. The van der Waals surface area contributed by atoms with Gasteiger partial charge >= 0.3 is 0 Å². The van der Waals surface area contributed by atoms with Crippen molar-refractivity contribution in [2.45, 2.75) is 13.5 Å². The molecule has 2 rings (SSSR count). The largest absolute Gasteiger partial charge is 0.321 e. The second-order valence-corrected chi connectivity index (χ2v) is 2.64. The molecule has 1 aliphatic rings. The maximum atomic E-state index is 3.09. The first-order chi connectivity index (χ1) is 4.86. The molecule has 54 valence electrons. The Morgan fingerprint density at radius 1 is 1.50 bits per heavy atom. The van der Waals surface area contributed by atoms with Crippen LogP contribution in [-0.2, 0) is 6.54 Å². The fraction of sp³-hybridized carbons (Fsp3) is 0.250. The van der Waals surface area contributed by atoms with Crippen LogP contribution in [-0.4, -0.2) is 0 Å². The summed E-state index contributed by atoms with van der Waals surface area (Å²) >= 11 is 0. The van der Waals surface area contributed by atoms with E-state index in [0.717, 1.165) is 6.54 Å². The number of aryl methyl sites for hydroxylation is 1. The van der Waals surface area contributed by atoms with Gasteiger partial charge in [-0.05, 0) is 24.1 Å². The van der Waals surface area contributed by atoms with E-state index in [1.165, 1.54) is 16.8 Å². The summed E-state index contributed by atoms with van der Waals surface area (Å²) in [5.41, 5.74) is 10.0. The molecular weight excluding hydrogens is 124 g/mol. The Hall–Kier alpha value is -1.02. The molecule has 0 fully saturated rings. The Labute approximate surface area is 61.7 Å². The van der Waals surface area contributed by atoms with Gasteiger partial charge in [0.2, 0.25) is 0 Å². The lowest BCUT2D eigenvalue weighted by Gasteiger charge is -1.97. The summed E-state index contributed by atoms with van der Waals surface area (Å²) in [6, 6.07) is 6.43. The summed E-state index contributed by atoms with van der Waals surface area (Å²) < 4.78 is 0. The lowest BCUT2D eigenvalue weighted by molar-refractivity contribution is 0.860. The zero-order chi connectivity index (χ0) is 6.97. The van der Waals surface area contributed by atoms with Crippen LogP contribution in [0.3, 0.4) is 0 Å². The minimum Gasteiger partial charge on any atom is -0.321 e. The lowest BCUT2D eigenvalue weighted by Crippen LogP contribution is -2.10. The standard InChI is InChI=1S/C8H10N2.H2/c1-6-2-3-7-5-9-10-8(7)4-6;/h2-4,9-10H,5H2,1H3;1H. The molecule has 1 aliphatic heterocycles. The maximum Gasteiger partial charge on any atom is 0.0536 e. The van der Waals surface area contributed by atoms with Crippen LogP contribution >= 0.6 is 0 Å². The number of hydrogen-bond donors (Lipinski definition) is 2. The minimum absolute atomic E-state index is 0. The molecule has 2 heteroatoms. The first kappa shape index (κ1) is 5.74. The van der Waals surface area contributed by atoms with Gasteiger partial charge in [-0.2, -0.15) is 0 Å². The molecule has 0 aromatic heterocycles. The van der Waals surface area contributed by atoms with Gasteiger partial charge in [-0.3, -0.25) is 0 Å². The fourth-order valence-electron chi connectivity index (χ4n) is 1.20. The van der Waals surface area contributed by atoms with Gasteiger partial charge in [-0.1, -0.05) is 12.1 Å². The average Bonchev–Trinajstić information content (AvgIpc) is 2.33. The third-order valence-corrected chi connectivity index (χ3v) is 1.77. The number of anilines is 1. The zero-order valence-corrected chi connectivity index (χ0v) is 5.94. The predicted molar refractivity (Wildman–Crippen MR) is 43.8 cm³/mol. The van der Waals surface area contributed by atoms with E-state index < -0.39 is 0 Å². The van der Waals surface area contributed by atoms with Gasteiger partial charge in [0.25, 0.3) is 0 Å². The molecule has 0 saturated heterocycles. The molecule has 0 bridgehead atoms. The summed E-state index contributed by atoms with van der Waals surface area (Å²) in [6.07, 6.45) is 0. The van der Waals surface area contributed by atoms with Crippen LogP contribution in [0, 0.1) is 6.92 Å². The van der Waals surface area contributed by atoms with Crippen molar-refractivity contribution in [1.29, 1.82) is 0 Å². The van der Waals surface area contributed by atoms with Crippen LogP contribution in [0.4, 0.5) is 5.69 Å². The molecule has 0 saturated carbocycles. The highest BCUT2D eigenvalue weighted by atomic mass is 15.4. The molecular formula is C8H12N2. The average molecular weight is 136 g/mol. The second-order valence-electron chi connectivity index (χ2n) is 2.64. The van der Waals surface area contributed by atoms with Gasteiger partial charge in [0, 0.05) is 7.97 Å². The Bertz CT molecular complexity index is 260. The van der Waals surface area contributed by atoms with Crippen LogP contribution in [0.5, 0.6) is 0 Å². The Balaban J connectivity index is 0.000000605. The van der Waals surface area contributed by atoms with E-state index in [2.05, 4.69) is 36.0 Å². The van der Waals surface area contributed by atoms with Crippen LogP contribution in [0.1, 0.15) is 12.6 Å². The smallest absolute Gasteiger partial charge is 0.0536 e. The van der Waals surface area contributed by atoms with Gasteiger partial charge in [-0.15, -0.1) is 0 Å². The molecule has 1 heterocycles. The fourth-order valence-corrected chi connectivity index (χ4v) is 1.20. The Morgan fingerprint density at radius 3 is 3.30 bits per heavy atom. The molecule has 2 N–H and O–H groups in total. The topological polar surface area (TPSA) is 24.1 Å². The van der Waals surface area contributed by atoms with Crippen molar-refractivity contribution >= 4 is 5.69 Å². The van der Waals surface area contributed by atoms with E-state index in [1.807, 2.05) is 0 Å². The number of rotatable bonds is 0. The van der Waals surface area contributed by atoms with Crippen LogP contribution in [0.15, 0.2) is 18.2 Å². The van der Waals surface area contributed by atoms with Crippen molar-refractivity contribution in [2.75, 3.05) is 5.43 Å². The van der Waals surface area contributed by atoms with E-state index >= 15 is 0 Å². The summed E-state index contributed by atoms with van der Waals surface area (Å²) in [4.78, 5) is 0. The monoisotopic (exact) mass is 136 g/mol. The van der Waals surface area contributed by atoms with Crippen LogP contribution in [0.2, 0.25) is 0 Å². The summed E-state index contributed by atoms with van der Waals surface area (Å²) in [7, 11) is 0. The van der Waals surface area contributed by atoms with Crippen molar-refractivity contribution in [3.63, 3.8) is 0 Å². The molecule has 0 aliphatic carbocycles. The summed E-state index contributed by atoms with van der Waals surface area (Å²) in [5.74, 6) is 0. The van der Waals surface area contributed by atoms with Crippen molar-refractivity contribution < 1.29 is 1.43 Å². The zero-order valence-electron chi connectivity index (χ0n) is 5.94. The van der Waals surface area contributed by atoms with E-state index in [0.29, 0.717) is 0 Å². The Morgan fingerprint density at radius 2 is 2.40 bits per heavy atom. The first-order valence-corrected chi connectivity index (χ1v) is 3.45. The number of nitrogens with one attached hydrogen (secondary N) is 2. The van der Waals surface area contributed by atoms with Gasteiger partial charge in [0.1, 0.15) is 0 Å². The third-order valence-electron chi connectivity index (χ3n) is 1.77. The van der Waals surface area contributed by atoms with Crippen molar-refractivity contribution in [1.82, 2.24) is 5.43 Å². The number of hydrogen-bond acceptors (Lipinski definition) is 2. The van der Waals surface area contributed by atoms with E-state index in [9.17, 15) is 0 Å². The van der Waals surface area contributed by atoms with E-state index in [1.54, 1.807) is 0 Å². The molecule has 0 unspecified atom stereocenters. The highest BCUT2D eigenvalue weighted by molar-refractivity contribution is 5.55. The summed E-state index contributed by atoms with van der Waals surface area (Å²) in [6.45, 7) is 3.04. The Kier molecular flexibility index (Phi) is 1.14. The third kappa shape index (κ3) is 0.772. The highest BCUT2D eigenvalue weighted by Gasteiger charge is 2.06. The lowest BCUT2D eigenvalue weighted by atomic mass is 10.1. The molecule has 1 aromatic carbocycles. The quantitative estimate of drug-likeness (QED) is 0.567. The number of hydrazine groups is 1. The van der Waals surface area contributed by atoms with Crippen molar-refractivity contribution in [3.05, 3.63) is 29.3 Å². The number of benzene rings is 1. The van der Waals surface area contributed by atoms with Crippen molar-refractivity contribution in [3.8, 4) is 0 Å². The SMILES string of the molecule is Cc1ccc2c(c1)NNC2.[HH]. The van der Waals surface area contributed by atoms with E-state index in [4.69, 9.17) is 0 Å². The molecule has 1 aromatic rings. The maximum absolute atomic E-state index is 3.09. The van der Waals surface area contributed by atoms with Gasteiger partial charge in [0.15, 0.2) is 0 Å². The second kappa shape index (κ2) is 1.99. The van der Waals surface area contributed by atoms with Crippen LogP contribution < -0.4 is 10.9 Å². The normalized spacial score (nSPS) is 14.5. The molecule has 0 amide bonds. The van der Waals surface area contributed by atoms with Gasteiger partial charge < -0.3 is 5.43 Å². The first-order valence-electron chi connectivity index (χ1n) is 3.45. The molecule has 0 spiro atoms. The van der Waals surface area contributed by atoms with Gasteiger partial charge in [0.05, 0.1) is 5.69 Å². The molecule has 10 heavy (non-hydrogen) atoms. The highest BCUT2D eigenvalue weighted by Crippen LogP contribution is 2.19.